The summed E-state index contributed by atoms with van der Waals surface area (Å²) in [7, 11) is 0. The van der Waals surface area contributed by atoms with Gasteiger partial charge in [0.15, 0.2) is 0 Å². The van der Waals surface area contributed by atoms with Gasteiger partial charge in [-0.15, -0.1) is 0 Å². The monoisotopic (exact) mass is 403 g/mol. The van der Waals surface area contributed by atoms with E-state index < -0.39 is 0 Å². The quantitative estimate of drug-likeness (QED) is 0.797. The first-order valence-electron chi connectivity index (χ1n) is 10.0. The predicted octanol–water partition coefficient (Wildman–Crippen LogP) is 3.77. The number of nitrogens with one attached hydrogen (secondary N) is 1. The fourth-order valence-electron chi connectivity index (χ4n) is 3.97. The number of amides is 1. The maximum atomic E-state index is 12.7. The SMILES string of the molecule is O=C(C1CCCC1)N1CCO[C@H](c2cc(CCOc3cccc(Cl)c3)[nH]n2)C1. The summed E-state index contributed by atoms with van der Waals surface area (Å²) < 4.78 is 11.6. The number of halogens is 1. The zero-order chi connectivity index (χ0) is 19.3. The molecule has 150 valence electrons. The third kappa shape index (κ3) is 4.67. The van der Waals surface area contributed by atoms with Crippen LogP contribution in [0.15, 0.2) is 30.3 Å². The Labute approximate surface area is 170 Å². The van der Waals surface area contributed by atoms with Gasteiger partial charge in [-0.05, 0) is 37.1 Å². The highest BCUT2D eigenvalue weighted by molar-refractivity contribution is 6.30. The number of H-pyrrole nitrogens is 1. The van der Waals surface area contributed by atoms with Crippen molar-refractivity contribution in [2.24, 2.45) is 5.92 Å². The van der Waals surface area contributed by atoms with Gasteiger partial charge in [0.05, 0.1) is 25.5 Å². The van der Waals surface area contributed by atoms with E-state index in [1.165, 1.54) is 12.8 Å². The van der Waals surface area contributed by atoms with Crippen LogP contribution in [0.2, 0.25) is 5.02 Å². The zero-order valence-electron chi connectivity index (χ0n) is 15.9. The molecule has 2 fully saturated rings. The van der Waals surface area contributed by atoms with Gasteiger partial charge in [0.2, 0.25) is 5.91 Å². The van der Waals surface area contributed by atoms with Gasteiger partial charge in [-0.1, -0.05) is 30.5 Å². The van der Waals surface area contributed by atoms with Crippen molar-refractivity contribution in [2.75, 3.05) is 26.3 Å². The van der Waals surface area contributed by atoms with E-state index in [1.54, 1.807) is 6.07 Å². The van der Waals surface area contributed by atoms with Crippen LogP contribution in [-0.2, 0) is 16.0 Å². The summed E-state index contributed by atoms with van der Waals surface area (Å²) >= 11 is 5.97. The molecule has 0 bridgehead atoms. The number of hydrogen-bond donors (Lipinski definition) is 1. The molecule has 1 atom stereocenters. The third-order valence-electron chi connectivity index (χ3n) is 5.50. The summed E-state index contributed by atoms with van der Waals surface area (Å²) in [5.41, 5.74) is 1.83. The first-order chi connectivity index (χ1) is 13.7. The summed E-state index contributed by atoms with van der Waals surface area (Å²) in [6.45, 7) is 2.35. The van der Waals surface area contributed by atoms with Crippen molar-refractivity contribution in [1.29, 1.82) is 0 Å². The van der Waals surface area contributed by atoms with Crippen LogP contribution in [0.5, 0.6) is 5.75 Å². The van der Waals surface area contributed by atoms with Crippen molar-refractivity contribution in [1.82, 2.24) is 15.1 Å². The summed E-state index contributed by atoms with van der Waals surface area (Å²) in [5.74, 6) is 1.25. The van der Waals surface area contributed by atoms with Gasteiger partial charge in [-0.3, -0.25) is 9.89 Å². The minimum absolute atomic E-state index is 0.169. The molecule has 4 rings (SSSR count). The average Bonchev–Trinajstić information content (AvgIpc) is 3.40. The second-order valence-corrected chi connectivity index (χ2v) is 7.94. The molecule has 1 aromatic carbocycles. The van der Waals surface area contributed by atoms with Gasteiger partial charge >= 0.3 is 0 Å². The number of rotatable bonds is 6. The molecule has 6 nitrogen and oxygen atoms in total. The van der Waals surface area contributed by atoms with Crippen molar-refractivity contribution < 1.29 is 14.3 Å². The number of nitrogens with zero attached hydrogens (tertiary/aromatic N) is 2. The Kier molecular flexibility index (Phi) is 6.17. The standard InChI is InChI=1S/C21H26ClN3O3/c22-16-6-3-7-18(12-16)27-10-8-17-13-19(24-23-17)20-14-25(9-11-28-20)21(26)15-4-1-2-5-15/h3,6-7,12-13,15,20H,1-2,4-5,8-11,14H2,(H,23,24)/t20-/m0/s1. The van der Waals surface area contributed by atoms with Crippen molar-refractivity contribution in [3.05, 3.63) is 46.7 Å². The lowest BCUT2D eigenvalue weighted by Crippen LogP contribution is -2.44. The molecule has 1 saturated heterocycles. The maximum Gasteiger partial charge on any atom is 0.225 e. The van der Waals surface area contributed by atoms with Gasteiger partial charge < -0.3 is 14.4 Å². The Hall–Kier alpha value is -2.05. The van der Waals surface area contributed by atoms with Crippen molar-refractivity contribution >= 4 is 17.5 Å². The van der Waals surface area contributed by atoms with Crippen LogP contribution in [0, 0.1) is 5.92 Å². The summed E-state index contributed by atoms with van der Waals surface area (Å²) in [6, 6.07) is 9.38. The molecule has 1 aliphatic carbocycles. The number of carbonyl (C=O) groups excluding carboxylic acids is 1. The van der Waals surface area contributed by atoms with E-state index in [2.05, 4.69) is 10.2 Å². The topological polar surface area (TPSA) is 67.5 Å². The van der Waals surface area contributed by atoms with Gasteiger partial charge in [0.25, 0.3) is 0 Å². The van der Waals surface area contributed by atoms with E-state index in [4.69, 9.17) is 21.1 Å². The molecule has 1 N–H and O–H groups in total. The van der Waals surface area contributed by atoms with Gasteiger partial charge in [-0.2, -0.15) is 5.10 Å². The summed E-state index contributed by atoms with van der Waals surface area (Å²) in [6.07, 6.45) is 4.93. The first kappa shape index (κ1) is 19.3. The Bertz CT molecular complexity index is 804. The summed E-state index contributed by atoms with van der Waals surface area (Å²) in [5, 5.41) is 8.13. The van der Waals surface area contributed by atoms with Crippen LogP contribution in [0.3, 0.4) is 0 Å². The molecule has 2 aromatic rings. The molecule has 2 heterocycles. The van der Waals surface area contributed by atoms with E-state index in [-0.39, 0.29) is 17.9 Å². The van der Waals surface area contributed by atoms with Crippen LogP contribution in [0.1, 0.15) is 43.2 Å². The lowest BCUT2D eigenvalue weighted by Gasteiger charge is -2.33. The zero-order valence-corrected chi connectivity index (χ0v) is 16.7. The minimum atomic E-state index is -0.169. The number of ether oxygens (including phenoxy) is 2. The van der Waals surface area contributed by atoms with Crippen LogP contribution < -0.4 is 4.74 Å². The fourth-order valence-corrected chi connectivity index (χ4v) is 4.15. The minimum Gasteiger partial charge on any atom is -0.493 e. The molecule has 7 heteroatoms. The fraction of sp³-hybridized carbons (Fsp3) is 0.524. The predicted molar refractivity (Wildman–Crippen MR) is 106 cm³/mol. The number of morpholine rings is 1. The number of hydrogen-bond acceptors (Lipinski definition) is 4. The van der Waals surface area contributed by atoms with Gasteiger partial charge in [0, 0.05) is 29.6 Å². The lowest BCUT2D eigenvalue weighted by molar-refractivity contribution is -0.143. The van der Waals surface area contributed by atoms with Crippen molar-refractivity contribution in [2.45, 2.75) is 38.2 Å². The second kappa shape index (κ2) is 8.97. The number of aromatic nitrogens is 2. The number of aromatic amines is 1. The molecular weight excluding hydrogens is 378 g/mol. The van der Waals surface area contributed by atoms with Crippen LogP contribution in [0.4, 0.5) is 0 Å². The van der Waals surface area contributed by atoms with Crippen LogP contribution in [0.25, 0.3) is 0 Å². The Balaban J connectivity index is 1.30. The van der Waals surface area contributed by atoms with E-state index in [1.807, 2.05) is 29.2 Å². The van der Waals surface area contributed by atoms with Crippen LogP contribution in [-0.4, -0.2) is 47.3 Å². The molecule has 0 spiro atoms. The van der Waals surface area contributed by atoms with Crippen LogP contribution >= 0.6 is 11.6 Å². The Morgan fingerprint density at radius 3 is 3.00 bits per heavy atom. The molecule has 1 saturated carbocycles. The van der Waals surface area contributed by atoms with Gasteiger partial charge in [-0.25, -0.2) is 0 Å². The van der Waals surface area contributed by atoms with E-state index in [0.29, 0.717) is 37.7 Å². The smallest absolute Gasteiger partial charge is 0.225 e. The molecule has 1 aromatic heterocycles. The Morgan fingerprint density at radius 1 is 1.32 bits per heavy atom. The Morgan fingerprint density at radius 2 is 2.18 bits per heavy atom. The molecule has 1 aliphatic heterocycles. The van der Waals surface area contributed by atoms with E-state index in [0.717, 1.165) is 30.0 Å². The van der Waals surface area contributed by atoms with Crippen molar-refractivity contribution in [3.63, 3.8) is 0 Å². The van der Waals surface area contributed by atoms with E-state index >= 15 is 0 Å². The summed E-state index contributed by atoms with van der Waals surface area (Å²) in [4.78, 5) is 14.7. The molecule has 0 radical (unpaired) electrons. The van der Waals surface area contributed by atoms with Crippen molar-refractivity contribution in [3.8, 4) is 5.75 Å². The average molecular weight is 404 g/mol. The highest BCUT2D eigenvalue weighted by atomic mass is 35.5. The highest BCUT2D eigenvalue weighted by Gasteiger charge is 2.32. The molecular formula is C21H26ClN3O3. The number of carbonyl (C=O) groups is 1. The lowest BCUT2D eigenvalue weighted by atomic mass is 10.1. The molecule has 2 aliphatic rings. The molecule has 1 amide bonds. The molecule has 0 unspecified atom stereocenters. The highest BCUT2D eigenvalue weighted by Crippen LogP contribution is 2.29. The van der Waals surface area contributed by atoms with Gasteiger partial charge in [0.1, 0.15) is 11.9 Å². The number of benzene rings is 1. The van der Waals surface area contributed by atoms with E-state index in [9.17, 15) is 4.79 Å². The third-order valence-corrected chi connectivity index (χ3v) is 5.73. The first-order valence-corrected chi connectivity index (χ1v) is 10.4. The second-order valence-electron chi connectivity index (χ2n) is 7.50. The normalized spacial score (nSPS) is 20.5. The largest absolute Gasteiger partial charge is 0.493 e. The molecule has 28 heavy (non-hydrogen) atoms. The maximum absolute atomic E-state index is 12.7.